The molecule has 6 unspecified atom stereocenters. The van der Waals surface area contributed by atoms with Crippen LogP contribution in [-0.2, 0) is 0 Å². The van der Waals surface area contributed by atoms with Crippen molar-refractivity contribution in [2.24, 2.45) is 35.5 Å². The first-order chi connectivity index (χ1) is 23.8. The maximum absolute atomic E-state index is 2.51. The third-order valence-corrected chi connectivity index (χ3v) is 12.1. The first kappa shape index (κ1) is 28.1. The van der Waals surface area contributed by atoms with E-state index >= 15 is 0 Å². The third kappa shape index (κ3) is 4.35. The van der Waals surface area contributed by atoms with E-state index in [4.69, 9.17) is 0 Å². The molecule has 0 fully saturated rings. The van der Waals surface area contributed by atoms with Crippen LogP contribution in [0.15, 0.2) is 180 Å². The Bertz CT molecular complexity index is 2360. The summed E-state index contributed by atoms with van der Waals surface area (Å²) >= 11 is 0. The van der Waals surface area contributed by atoms with Gasteiger partial charge in [0.15, 0.2) is 0 Å². The smallest absolute Gasteiger partial charge is 0.0134 e. The van der Waals surface area contributed by atoms with E-state index in [2.05, 4.69) is 158 Å². The summed E-state index contributed by atoms with van der Waals surface area (Å²) in [5.74, 6) is 2.30. The number of benzene rings is 2. The van der Waals surface area contributed by atoms with Gasteiger partial charge in [0.05, 0.1) is 0 Å². The van der Waals surface area contributed by atoms with Crippen molar-refractivity contribution in [3.8, 4) is 0 Å². The second kappa shape index (κ2) is 11.3. The van der Waals surface area contributed by atoms with Gasteiger partial charge in [0, 0.05) is 29.6 Å². The molecule has 232 valence electrons. The summed E-state index contributed by atoms with van der Waals surface area (Å²) in [5, 5.41) is 5.68. The van der Waals surface area contributed by atoms with E-state index in [-0.39, 0.29) is 5.92 Å². The summed E-state index contributed by atoms with van der Waals surface area (Å²) in [5.41, 5.74) is 12.1. The lowest BCUT2D eigenvalue weighted by molar-refractivity contribution is 0.551. The van der Waals surface area contributed by atoms with Crippen LogP contribution in [0.1, 0.15) is 25.7 Å². The van der Waals surface area contributed by atoms with Gasteiger partial charge in [-0.25, -0.2) is 0 Å². The molecule has 0 heteroatoms. The molecular formula is C48H40. The molecule has 2 aromatic carbocycles. The molecule has 0 nitrogen and oxygen atoms in total. The summed E-state index contributed by atoms with van der Waals surface area (Å²) in [4.78, 5) is 0. The van der Waals surface area contributed by atoms with Gasteiger partial charge in [-0.2, -0.15) is 0 Å². The van der Waals surface area contributed by atoms with Crippen molar-refractivity contribution in [1.82, 2.24) is 0 Å². The van der Waals surface area contributed by atoms with E-state index in [9.17, 15) is 0 Å². The van der Waals surface area contributed by atoms with Crippen LogP contribution < -0.4 is 20.9 Å². The predicted molar refractivity (Wildman–Crippen MR) is 201 cm³/mol. The molecule has 0 N–H and O–H groups in total. The summed E-state index contributed by atoms with van der Waals surface area (Å²) in [6.45, 7) is 0. The Balaban J connectivity index is 1.28. The molecule has 8 aliphatic carbocycles. The topological polar surface area (TPSA) is 0 Å². The lowest BCUT2D eigenvalue weighted by Gasteiger charge is -2.41. The minimum Gasteiger partial charge on any atom is -0.0842 e. The zero-order valence-electron chi connectivity index (χ0n) is 27.3. The summed E-state index contributed by atoms with van der Waals surface area (Å²) in [6.07, 6.45) is 47.3. The quantitative estimate of drug-likeness (QED) is 0.328. The van der Waals surface area contributed by atoms with Crippen molar-refractivity contribution in [3.05, 3.63) is 201 Å². The van der Waals surface area contributed by atoms with Crippen molar-refractivity contribution >= 4 is 22.3 Å². The number of allylic oxidation sites excluding steroid dienone is 22. The van der Waals surface area contributed by atoms with Crippen molar-refractivity contribution in [3.63, 3.8) is 0 Å². The average Bonchev–Trinajstić information content (AvgIpc) is 3.16. The average molecular weight is 617 g/mol. The van der Waals surface area contributed by atoms with E-state index in [1.54, 1.807) is 5.57 Å². The van der Waals surface area contributed by atoms with Gasteiger partial charge in [0.2, 0.25) is 0 Å². The van der Waals surface area contributed by atoms with Crippen LogP contribution in [0.25, 0.3) is 22.3 Å². The molecule has 6 atom stereocenters. The Morgan fingerprint density at radius 3 is 1.54 bits per heavy atom. The van der Waals surface area contributed by atoms with Gasteiger partial charge in [-0.05, 0) is 97.1 Å². The number of hydrogen-bond acceptors (Lipinski definition) is 0. The molecule has 10 rings (SSSR count). The Hall–Kier alpha value is -4.94. The molecule has 0 bridgehead atoms. The largest absolute Gasteiger partial charge is 0.0842 e. The Labute approximate surface area is 283 Å². The summed E-state index contributed by atoms with van der Waals surface area (Å²) in [7, 11) is 0. The van der Waals surface area contributed by atoms with E-state index in [1.807, 2.05) is 0 Å². The zero-order chi connectivity index (χ0) is 31.6. The molecule has 8 aliphatic rings. The second-order valence-electron chi connectivity index (χ2n) is 14.5. The molecule has 0 radical (unpaired) electrons. The van der Waals surface area contributed by atoms with E-state index in [0.717, 1.165) is 12.8 Å². The Morgan fingerprint density at radius 2 is 0.938 bits per heavy atom. The highest BCUT2D eigenvalue weighted by atomic mass is 14.4. The van der Waals surface area contributed by atoms with Crippen LogP contribution in [0.3, 0.4) is 0 Å². The lowest BCUT2D eigenvalue weighted by Crippen LogP contribution is -2.46. The molecule has 0 heterocycles. The standard InChI is InChI=1S/C48H40/c1-3-15-33-29-35(27-25-31(33)13-1)45-37-17-5-9-21-41(37)47(42-22-10-6-18-38(42)45)48-43-23-11-7-19-39(43)46(40-20-8-12-24-44(40)48)36-28-26-32-14-2-4-16-34(32)30-36/h1-3,5-15,17-28,33-34,37,39,41,43H,4,16,29-30H2. The fourth-order valence-electron chi connectivity index (χ4n) is 9.99. The molecule has 0 spiro atoms. The van der Waals surface area contributed by atoms with Gasteiger partial charge < -0.3 is 0 Å². The number of rotatable bonds is 3. The maximum Gasteiger partial charge on any atom is 0.0134 e. The normalized spacial score (nSPS) is 30.3. The molecule has 0 saturated heterocycles. The maximum atomic E-state index is 2.51. The van der Waals surface area contributed by atoms with Gasteiger partial charge >= 0.3 is 0 Å². The molecule has 2 aromatic rings. The fourth-order valence-corrected chi connectivity index (χ4v) is 9.99. The first-order valence-corrected chi connectivity index (χ1v) is 18.0. The highest BCUT2D eigenvalue weighted by Crippen LogP contribution is 2.49. The van der Waals surface area contributed by atoms with Gasteiger partial charge in [-0.1, -0.05) is 158 Å². The minimum absolute atomic E-state index is 0.283. The van der Waals surface area contributed by atoms with Crippen LogP contribution in [0.2, 0.25) is 0 Å². The molecule has 0 aliphatic heterocycles. The van der Waals surface area contributed by atoms with E-state index < -0.39 is 0 Å². The molecule has 48 heavy (non-hydrogen) atoms. The van der Waals surface area contributed by atoms with Gasteiger partial charge in [-0.15, -0.1) is 0 Å². The highest BCUT2D eigenvalue weighted by Gasteiger charge is 2.40. The predicted octanol–water partition coefficient (Wildman–Crippen LogP) is 7.96. The van der Waals surface area contributed by atoms with Crippen molar-refractivity contribution < 1.29 is 0 Å². The van der Waals surface area contributed by atoms with Gasteiger partial charge in [0.25, 0.3) is 0 Å². The third-order valence-electron chi connectivity index (χ3n) is 12.1. The minimum atomic E-state index is 0.283. The van der Waals surface area contributed by atoms with Crippen LogP contribution in [0.4, 0.5) is 0 Å². The lowest BCUT2D eigenvalue weighted by atomic mass is 9.62. The SMILES string of the molecule is C1=CC2=CC=C(C3=c4ccccc4=C(C4=c5ccccc5=C(C5=CC=C6C=CCCC6C5)C5C=CC=CC45)C4C=CC=CC34)CC2C=C1. The van der Waals surface area contributed by atoms with E-state index in [1.165, 1.54) is 72.7 Å². The fraction of sp³-hybridized carbons (Fsp3) is 0.208. The second-order valence-corrected chi connectivity index (χ2v) is 14.5. The van der Waals surface area contributed by atoms with E-state index in [0.29, 0.717) is 29.6 Å². The number of hydrogen-bond donors (Lipinski definition) is 0. The van der Waals surface area contributed by atoms with Gasteiger partial charge in [0.1, 0.15) is 0 Å². The highest BCUT2D eigenvalue weighted by molar-refractivity contribution is 5.98. The zero-order valence-corrected chi connectivity index (χ0v) is 27.3. The monoisotopic (exact) mass is 616 g/mol. The summed E-state index contributed by atoms with van der Waals surface area (Å²) < 4.78 is 0. The van der Waals surface area contributed by atoms with Crippen LogP contribution in [-0.4, -0.2) is 0 Å². The summed E-state index contributed by atoms with van der Waals surface area (Å²) in [6, 6.07) is 18.7. The van der Waals surface area contributed by atoms with Crippen molar-refractivity contribution in [1.29, 1.82) is 0 Å². The molecule has 0 amide bonds. The van der Waals surface area contributed by atoms with Crippen molar-refractivity contribution in [2.45, 2.75) is 25.7 Å². The molecular weight excluding hydrogens is 577 g/mol. The molecule has 0 aromatic heterocycles. The Morgan fingerprint density at radius 1 is 0.438 bits per heavy atom. The first-order valence-electron chi connectivity index (χ1n) is 18.0. The molecule has 0 saturated carbocycles. The van der Waals surface area contributed by atoms with Gasteiger partial charge in [-0.3, -0.25) is 0 Å². The van der Waals surface area contributed by atoms with Crippen LogP contribution in [0.5, 0.6) is 0 Å². The number of fused-ring (bicyclic) bond motifs is 6. The van der Waals surface area contributed by atoms with Crippen molar-refractivity contribution in [2.75, 3.05) is 0 Å². The van der Waals surface area contributed by atoms with Crippen LogP contribution >= 0.6 is 0 Å². The Kier molecular flexibility index (Phi) is 6.64. The van der Waals surface area contributed by atoms with Crippen LogP contribution in [0, 0.1) is 35.5 Å².